The van der Waals surface area contributed by atoms with E-state index in [2.05, 4.69) is 26.8 Å². The van der Waals surface area contributed by atoms with E-state index in [9.17, 15) is 15.0 Å². The zero-order chi connectivity index (χ0) is 18.4. The van der Waals surface area contributed by atoms with Crippen molar-refractivity contribution in [3.05, 3.63) is 23.8 Å². The monoisotopic (exact) mass is 348 g/mol. The summed E-state index contributed by atoms with van der Waals surface area (Å²) in [7, 11) is 1.47. The van der Waals surface area contributed by atoms with Gasteiger partial charge in [-0.2, -0.15) is 0 Å². The molecule has 0 aromatic carbocycles. The van der Waals surface area contributed by atoms with Gasteiger partial charge in [0.25, 0.3) is 0 Å². The predicted octanol–water partition coefficient (Wildman–Crippen LogP) is 3.09. The smallest absolute Gasteiger partial charge is 0.312 e. The number of aliphatic hydroxyl groups is 2. The van der Waals surface area contributed by atoms with Gasteiger partial charge in [-0.1, -0.05) is 39.0 Å². The quantitative estimate of drug-likeness (QED) is 0.769. The summed E-state index contributed by atoms with van der Waals surface area (Å²) in [5.41, 5.74) is -0.00732. The summed E-state index contributed by atoms with van der Waals surface area (Å²) in [6.07, 6.45) is 8.80. The highest BCUT2D eigenvalue weighted by Crippen LogP contribution is 2.65. The van der Waals surface area contributed by atoms with Gasteiger partial charge in [0.1, 0.15) is 0 Å². The molecule has 2 N–H and O–H groups in total. The molecule has 0 amide bonds. The summed E-state index contributed by atoms with van der Waals surface area (Å²) in [5, 5.41) is 20.7. The molecule has 2 fully saturated rings. The Morgan fingerprint density at radius 3 is 2.72 bits per heavy atom. The van der Waals surface area contributed by atoms with Crippen molar-refractivity contribution in [3.8, 4) is 0 Å². The molecule has 0 bridgehead atoms. The van der Waals surface area contributed by atoms with Gasteiger partial charge in [-0.05, 0) is 54.9 Å². The fraction of sp³-hybridized carbons (Fsp3) is 0.762. The van der Waals surface area contributed by atoms with E-state index in [4.69, 9.17) is 4.74 Å². The lowest BCUT2D eigenvalue weighted by molar-refractivity contribution is -0.180. The molecule has 0 aromatic heterocycles. The predicted molar refractivity (Wildman–Crippen MR) is 96.6 cm³/mol. The molecule has 4 nitrogen and oxygen atoms in total. The van der Waals surface area contributed by atoms with Crippen molar-refractivity contribution in [2.24, 2.45) is 34.5 Å². The highest BCUT2D eigenvalue weighted by atomic mass is 16.5. The molecule has 0 aliphatic heterocycles. The topological polar surface area (TPSA) is 66.8 Å². The number of methoxy groups -OCH3 is 1. The number of fused-ring (bicyclic) bond motifs is 3. The van der Waals surface area contributed by atoms with E-state index in [1.165, 1.54) is 7.11 Å². The van der Waals surface area contributed by atoms with Gasteiger partial charge in [-0.25, -0.2) is 0 Å². The van der Waals surface area contributed by atoms with Crippen LogP contribution in [0.3, 0.4) is 0 Å². The summed E-state index contributed by atoms with van der Waals surface area (Å²) >= 11 is 0. The Hall–Kier alpha value is -1.13. The Labute approximate surface area is 151 Å². The first kappa shape index (κ1) is 18.7. The van der Waals surface area contributed by atoms with Crippen LogP contribution in [0, 0.1) is 34.5 Å². The molecule has 0 saturated heterocycles. The van der Waals surface area contributed by atoms with Gasteiger partial charge in [0.05, 0.1) is 25.2 Å². The summed E-state index contributed by atoms with van der Waals surface area (Å²) < 4.78 is 5.28. The van der Waals surface area contributed by atoms with Gasteiger partial charge in [-0.15, -0.1) is 0 Å². The SMILES string of the molecule is COC(=O)[C@]12C[C@@H](O)[C@@]3(C)CC=C(CO)C=C[C@H]3[C@@H]1CC[C@@H]2C(C)C. The fourth-order valence-electron chi connectivity index (χ4n) is 6.08. The number of allylic oxidation sites excluding steroid dienone is 2. The first-order chi connectivity index (χ1) is 11.8. The summed E-state index contributed by atoms with van der Waals surface area (Å²) in [6.45, 7) is 6.49. The van der Waals surface area contributed by atoms with Gasteiger partial charge in [0.2, 0.25) is 0 Å². The van der Waals surface area contributed by atoms with E-state index in [-0.39, 0.29) is 35.7 Å². The Balaban J connectivity index is 2.09. The molecular formula is C21H32O4. The number of rotatable bonds is 3. The molecule has 0 spiro atoms. The van der Waals surface area contributed by atoms with Crippen molar-refractivity contribution in [2.45, 2.75) is 52.6 Å². The minimum atomic E-state index is -0.597. The van der Waals surface area contributed by atoms with Crippen LogP contribution in [0.2, 0.25) is 0 Å². The van der Waals surface area contributed by atoms with E-state index >= 15 is 0 Å². The number of esters is 1. The molecule has 4 heteroatoms. The van der Waals surface area contributed by atoms with Crippen LogP contribution in [0.15, 0.2) is 23.8 Å². The molecule has 3 aliphatic carbocycles. The van der Waals surface area contributed by atoms with Crippen LogP contribution in [0.4, 0.5) is 0 Å². The highest BCUT2D eigenvalue weighted by Gasteiger charge is 2.66. The minimum absolute atomic E-state index is 0.0107. The van der Waals surface area contributed by atoms with Crippen molar-refractivity contribution >= 4 is 5.97 Å². The summed E-state index contributed by atoms with van der Waals surface area (Å²) in [4.78, 5) is 13.0. The van der Waals surface area contributed by atoms with Gasteiger partial charge < -0.3 is 14.9 Å². The number of aliphatic hydroxyl groups excluding tert-OH is 2. The fourth-order valence-corrected chi connectivity index (χ4v) is 6.08. The molecule has 3 aliphatic rings. The summed E-state index contributed by atoms with van der Waals surface area (Å²) in [6, 6.07) is 0. The Bertz CT molecular complexity index is 593. The van der Waals surface area contributed by atoms with Crippen molar-refractivity contribution in [3.63, 3.8) is 0 Å². The zero-order valence-corrected chi connectivity index (χ0v) is 15.9. The standard InChI is InChI=1S/C21H32O4/c1-13(2)15-7-8-17-16-6-5-14(12-22)9-10-20(16,3)18(23)11-21(15,17)19(24)25-4/h5-6,9,13,15-18,22-23H,7-8,10-12H2,1-4H3/t15-,16+,17+,18-,20+,21+/m1/s1. The van der Waals surface area contributed by atoms with E-state index in [1.54, 1.807) is 0 Å². The van der Waals surface area contributed by atoms with Crippen LogP contribution in [0.25, 0.3) is 0 Å². The van der Waals surface area contributed by atoms with E-state index in [0.717, 1.165) is 24.8 Å². The summed E-state index contributed by atoms with van der Waals surface area (Å²) in [5.74, 6) is 0.762. The normalized spacial score (nSPS) is 43.2. The minimum Gasteiger partial charge on any atom is -0.469 e. The average Bonchev–Trinajstić information content (AvgIpc) is 2.87. The van der Waals surface area contributed by atoms with Crippen LogP contribution in [-0.2, 0) is 9.53 Å². The molecule has 140 valence electrons. The van der Waals surface area contributed by atoms with Gasteiger partial charge >= 0.3 is 5.97 Å². The third-order valence-corrected chi connectivity index (χ3v) is 7.47. The Kier molecular flexibility index (Phi) is 4.89. The van der Waals surface area contributed by atoms with Crippen molar-refractivity contribution in [1.29, 1.82) is 0 Å². The number of carbonyl (C=O) groups excluding carboxylic acids is 1. The molecule has 0 heterocycles. The van der Waals surface area contributed by atoms with Crippen LogP contribution < -0.4 is 0 Å². The van der Waals surface area contributed by atoms with Gasteiger partial charge in [-0.3, -0.25) is 4.79 Å². The molecule has 0 aromatic rings. The molecule has 25 heavy (non-hydrogen) atoms. The third-order valence-electron chi connectivity index (χ3n) is 7.47. The average molecular weight is 348 g/mol. The molecule has 0 radical (unpaired) electrons. The third kappa shape index (κ3) is 2.60. The second-order valence-electron chi connectivity index (χ2n) is 8.82. The lowest BCUT2D eigenvalue weighted by atomic mass is 9.49. The van der Waals surface area contributed by atoms with Crippen molar-refractivity contribution < 1.29 is 19.7 Å². The number of hydrogen-bond acceptors (Lipinski definition) is 4. The maximum atomic E-state index is 13.0. The number of ether oxygens (including phenoxy) is 1. The second-order valence-corrected chi connectivity index (χ2v) is 8.82. The molecule has 0 unspecified atom stereocenters. The number of carbonyl (C=O) groups is 1. The highest BCUT2D eigenvalue weighted by molar-refractivity contribution is 5.78. The first-order valence-electron chi connectivity index (χ1n) is 9.55. The first-order valence-corrected chi connectivity index (χ1v) is 9.55. The molecule has 2 saturated carbocycles. The lowest BCUT2D eigenvalue weighted by Gasteiger charge is -2.55. The molecule has 6 atom stereocenters. The Morgan fingerprint density at radius 1 is 1.40 bits per heavy atom. The van der Waals surface area contributed by atoms with Crippen LogP contribution in [0.1, 0.15) is 46.5 Å². The number of hydrogen-bond donors (Lipinski definition) is 2. The maximum Gasteiger partial charge on any atom is 0.312 e. The van der Waals surface area contributed by atoms with Crippen molar-refractivity contribution in [2.75, 3.05) is 13.7 Å². The van der Waals surface area contributed by atoms with Crippen molar-refractivity contribution in [1.82, 2.24) is 0 Å². The van der Waals surface area contributed by atoms with E-state index < -0.39 is 11.5 Å². The maximum absolute atomic E-state index is 13.0. The Morgan fingerprint density at radius 2 is 2.12 bits per heavy atom. The largest absolute Gasteiger partial charge is 0.469 e. The molecular weight excluding hydrogens is 316 g/mol. The van der Waals surface area contributed by atoms with Crippen LogP contribution in [-0.4, -0.2) is 36.0 Å². The molecule has 3 rings (SSSR count). The second kappa shape index (κ2) is 6.55. The lowest BCUT2D eigenvalue weighted by Crippen LogP contribution is -2.58. The van der Waals surface area contributed by atoms with E-state index in [0.29, 0.717) is 12.3 Å². The zero-order valence-electron chi connectivity index (χ0n) is 15.9. The van der Waals surface area contributed by atoms with Gasteiger partial charge in [0, 0.05) is 5.41 Å². The van der Waals surface area contributed by atoms with Gasteiger partial charge in [0.15, 0.2) is 0 Å². The van der Waals surface area contributed by atoms with Crippen LogP contribution >= 0.6 is 0 Å². The van der Waals surface area contributed by atoms with Crippen LogP contribution in [0.5, 0.6) is 0 Å². The van der Waals surface area contributed by atoms with E-state index in [1.807, 2.05) is 12.2 Å².